The molecule has 20 heavy (non-hydrogen) atoms. The van der Waals surface area contributed by atoms with E-state index in [1.165, 1.54) is 6.07 Å². The minimum Gasteiger partial charge on any atom is -0.489 e. The molecule has 0 spiro atoms. The first-order valence-corrected chi connectivity index (χ1v) is 6.35. The number of rotatable bonds is 4. The highest BCUT2D eigenvalue weighted by atomic mass is 19.1. The van der Waals surface area contributed by atoms with Crippen molar-refractivity contribution in [2.24, 2.45) is 0 Å². The quantitative estimate of drug-likeness (QED) is 0.865. The molecular formula is C17H15FO2. The van der Waals surface area contributed by atoms with E-state index in [0.29, 0.717) is 24.3 Å². The van der Waals surface area contributed by atoms with E-state index in [2.05, 4.69) is 11.8 Å². The molecule has 0 aromatic heterocycles. The van der Waals surface area contributed by atoms with Gasteiger partial charge >= 0.3 is 0 Å². The first-order chi connectivity index (χ1) is 9.79. The fourth-order valence-corrected chi connectivity index (χ4v) is 1.64. The summed E-state index contributed by atoms with van der Waals surface area (Å²) in [5, 5.41) is 8.62. The molecule has 0 saturated carbocycles. The van der Waals surface area contributed by atoms with E-state index >= 15 is 0 Å². The van der Waals surface area contributed by atoms with Crippen molar-refractivity contribution in [2.45, 2.75) is 13.0 Å². The lowest BCUT2D eigenvalue weighted by atomic mass is 10.2. The second kappa shape index (κ2) is 7.32. The number of halogens is 1. The van der Waals surface area contributed by atoms with Crippen molar-refractivity contribution in [2.75, 3.05) is 6.61 Å². The number of ether oxygens (including phenoxy) is 1. The summed E-state index contributed by atoms with van der Waals surface area (Å²) in [6, 6.07) is 14.3. The van der Waals surface area contributed by atoms with Gasteiger partial charge in [0.25, 0.3) is 0 Å². The molecule has 102 valence electrons. The van der Waals surface area contributed by atoms with Gasteiger partial charge in [-0.05, 0) is 17.7 Å². The van der Waals surface area contributed by atoms with Gasteiger partial charge in [0, 0.05) is 12.5 Å². The topological polar surface area (TPSA) is 29.5 Å². The first-order valence-electron chi connectivity index (χ1n) is 6.35. The summed E-state index contributed by atoms with van der Waals surface area (Å²) < 4.78 is 19.3. The predicted octanol–water partition coefficient (Wildman–Crippen LogP) is 3.14. The highest BCUT2D eigenvalue weighted by Gasteiger charge is 2.02. The molecule has 1 N–H and O–H groups in total. The molecule has 2 aromatic rings. The molecule has 0 radical (unpaired) electrons. The van der Waals surface area contributed by atoms with E-state index in [1.807, 2.05) is 30.3 Å². The Bertz CT molecular complexity index is 612. The second-order valence-corrected chi connectivity index (χ2v) is 4.19. The molecule has 0 aliphatic carbocycles. The van der Waals surface area contributed by atoms with Gasteiger partial charge in [0.15, 0.2) is 0 Å². The fourth-order valence-electron chi connectivity index (χ4n) is 1.64. The van der Waals surface area contributed by atoms with Crippen LogP contribution in [0.3, 0.4) is 0 Å². The maximum atomic E-state index is 13.8. The zero-order valence-electron chi connectivity index (χ0n) is 11.0. The Labute approximate surface area is 117 Å². The third kappa shape index (κ3) is 4.11. The van der Waals surface area contributed by atoms with Crippen molar-refractivity contribution >= 4 is 0 Å². The Balaban J connectivity index is 2.01. The Morgan fingerprint density at radius 3 is 2.60 bits per heavy atom. The minimum atomic E-state index is -0.416. The molecule has 0 atom stereocenters. The van der Waals surface area contributed by atoms with Crippen LogP contribution in [-0.2, 0) is 6.61 Å². The second-order valence-electron chi connectivity index (χ2n) is 4.19. The number of benzene rings is 2. The van der Waals surface area contributed by atoms with E-state index in [4.69, 9.17) is 9.84 Å². The highest BCUT2D eigenvalue weighted by Crippen LogP contribution is 2.17. The lowest BCUT2D eigenvalue weighted by Gasteiger charge is -2.06. The molecule has 2 aromatic carbocycles. The molecular weight excluding hydrogens is 255 g/mol. The molecule has 3 heteroatoms. The van der Waals surface area contributed by atoms with Crippen LogP contribution in [-0.4, -0.2) is 11.7 Å². The van der Waals surface area contributed by atoms with Gasteiger partial charge in [0.1, 0.15) is 18.2 Å². The third-order valence-corrected chi connectivity index (χ3v) is 2.65. The summed E-state index contributed by atoms with van der Waals surface area (Å²) in [4.78, 5) is 0. The van der Waals surface area contributed by atoms with Crippen LogP contribution in [0.5, 0.6) is 5.75 Å². The molecule has 2 nitrogen and oxygen atoms in total. The summed E-state index contributed by atoms with van der Waals surface area (Å²) in [6.45, 7) is 0.378. The standard InChI is InChI=1S/C17H15FO2/c18-17-12-16(10-9-15(17)8-4-5-11-19)20-13-14-6-2-1-3-7-14/h1-3,6-7,9-10,12,19H,5,11,13H2. The maximum Gasteiger partial charge on any atom is 0.142 e. The van der Waals surface area contributed by atoms with Gasteiger partial charge in [-0.25, -0.2) is 4.39 Å². The van der Waals surface area contributed by atoms with Gasteiger partial charge in [-0.15, -0.1) is 0 Å². The molecule has 2 rings (SSSR count). The van der Waals surface area contributed by atoms with Gasteiger partial charge in [0.2, 0.25) is 0 Å². The van der Waals surface area contributed by atoms with Crippen LogP contribution in [0, 0.1) is 17.7 Å². The van der Waals surface area contributed by atoms with Crippen LogP contribution in [0.4, 0.5) is 4.39 Å². The van der Waals surface area contributed by atoms with E-state index in [1.54, 1.807) is 12.1 Å². The molecule has 0 fully saturated rings. The smallest absolute Gasteiger partial charge is 0.142 e. The number of aliphatic hydroxyl groups is 1. The van der Waals surface area contributed by atoms with Gasteiger partial charge < -0.3 is 9.84 Å². The average Bonchev–Trinajstić information content (AvgIpc) is 2.48. The van der Waals surface area contributed by atoms with Gasteiger partial charge in [-0.1, -0.05) is 42.2 Å². The van der Waals surface area contributed by atoms with Crippen molar-refractivity contribution in [3.8, 4) is 17.6 Å². The molecule has 0 aliphatic rings. The molecule has 0 aliphatic heterocycles. The SMILES string of the molecule is OCCC#Cc1ccc(OCc2ccccc2)cc1F. The van der Waals surface area contributed by atoms with Crippen LogP contribution in [0.1, 0.15) is 17.5 Å². The summed E-state index contributed by atoms with van der Waals surface area (Å²) in [5.41, 5.74) is 1.34. The maximum absolute atomic E-state index is 13.8. The Morgan fingerprint density at radius 2 is 1.90 bits per heavy atom. The molecule has 0 amide bonds. The van der Waals surface area contributed by atoms with Crippen molar-refractivity contribution in [1.82, 2.24) is 0 Å². The van der Waals surface area contributed by atoms with Crippen molar-refractivity contribution in [3.05, 3.63) is 65.5 Å². The summed E-state index contributed by atoms with van der Waals surface area (Å²) in [6.07, 6.45) is 0.339. The first kappa shape index (κ1) is 14.1. The fraction of sp³-hybridized carbons (Fsp3) is 0.176. The Kier molecular flexibility index (Phi) is 5.16. The zero-order chi connectivity index (χ0) is 14.2. The van der Waals surface area contributed by atoms with E-state index in [0.717, 1.165) is 5.56 Å². The van der Waals surface area contributed by atoms with Crippen LogP contribution in [0.15, 0.2) is 48.5 Å². The van der Waals surface area contributed by atoms with Gasteiger partial charge in [0.05, 0.1) is 12.2 Å². The monoisotopic (exact) mass is 270 g/mol. The minimum absolute atomic E-state index is 0.0209. The van der Waals surface area contributed by atoms with E-state index in [-0.39, 0.29) is 6.61 Å². The lowest BCUT2D eigenvalue weighted by molar-refractivity contribution is 0.304. The number of hydrogen-bond acceptors (Lipinski definition) is 2. The highest BCUT2D eigenvalue weighted by molar-refractivity contribution is 5.39. The van der Waals surface area contributed by atoms with Crippen molar-refractivity contribution in [1.29, 1.82) is 0 Å². The number of aliphatic hydroxyl groups excluding tert-OH is 1. The van der Waals surface area contributed by atoms with E-state index < -0.39 is 5.82 Å². The predicted molar refractivity (Wildman–Crippen MR) is 75.8 cm³/mol. The normalized spacial score (nSPS) is 9.70. The summed E-state index contributed by atoms with van der Waals surface area (Å²) in [7, 11) is 0. The molecule has 0 unspecified atom stereocenters. The summed E-state index contributed by atoms with van der Waals surface area (Å²) >= 11 is 0. The van der Waals surface area contributed by atoms with Crippen LogP contribution < -0.4 is 4.74 Å². The zero-order valence-corrected chi connectivity index (χ0v) is 11.0. The van der Waals surface area contributed by atoms with Gasteiger partial charge in [-0.3, -0.25) is 0 Å². The summed E-state index contributed by atoms with van der Waals surface area (Å²) in [5.74, 6) is 5.42. The largest absolute Gasteiger partial charge is 0.489 e. The molecule has 0 saturated heterocycles. The van der Waals surface area contributed by atoms with Crippen molar-refractivity contribution < 1.29 is 14.2 Å². The van der Waals surface area contributed by atoms with Gasteiger partial charge in [-0.2, -0.15) is 0 Å². The number of hydrogen-bond donors (Lipinski definition) is 1. The van der Waals surface area contributed by atoms with E-state index in [9.17, 15) is 4.39 Å². The third-order valence-electron chi connectivity index (χ3n) is 2.65. The van der Waals surface area contributed by atoms with Crippen LogP contribution in [0.25, 0.3) is 0 Å². The molecule has 0 bridgehead atoms. The molecule has 0 heterocycles. The van der Waals surface area contributed by atoms with Crippen LogP contribution >= 0.6 is 0 Å². The van der Waals surface area contributed by atoms with Crippen LogP contribution in [0.2, 0.25) is 0 Å². The Morgan fingerprint density at radius 1 is 1.10 bits per heavy atom. The van der Waals surface area contributed by atoms with Crippen molar-refractivity contribution in [3.63, 3.8) is 0 Å². The Hall–Kier alpha value is -2.31. The lowest BCUT2D eigenvalue weighted by Crippen LogP contribution is -1.96. The average molecular weight is 270 g/mol.